The Balaban J connectivity index is 1.60. The van der Waals surface area contributed by atoms with E-state index in [2.05, 4.69) is 16.0 Å². The summed E-state index contributed by atoms with van der Waals surface area (Å²) in [4.78, 5) is 49.7. The summed E-state index contributed by atoms with van der Waals surface area (Å²) < 4.78 is 37.8. The Bertz CT molecular complexity index is 1080. The maximum Gasteiger partial charge on any atom is 0.416 e. The topological polar surface area (TPSA) is 108 Å². The number of nitrogens with zero attached hydrogens (tertiary/aromatic N) is 1. The number of anilines is 2. The molecule has 0 unspecified atom stereocenters. The molecule has 1 aliphatic heterocycles. The largest absolute Gasteiger partial charge is 0.416 e. The number of rotatable bonds is 5. The number of carbonyl (C=O) groups excluding carboxylic acids is 4. The van der Waals surface area contributed by atoms with Crippen molar-refractivity contribution in [2.45, 2.75) is 25.6 Å². The van der Waals surface area contributed by atoms with Crippen LogP contribution in [0, 0.1) is 0 Å². The monoisotopic (exact) mass is 448 g/mol. The molecule has 0 radical (unpaired) electrons. The third-order valence-electron chi connectivity index (χ3n) is 4.63. The molecule has 1 heterocycles. The minimum absolute atomic E-state index is 0.0334. The van der Waals surface area contributed by atoms with Gasteiger partial charge in [0.1, 0.15) is 5.54 Å². The molecule has 0 atom stereocenters. The summed E-state index contributed by atoms with van der Waals surface area (Å²) in [5, 5.41) is 7.38. The molecule has 3 N–H and O–H groups in total. The third-order valence-corrected chi connectivity index (χ3v) is 4.63. The number of halogens is 3. The summed E-state index contributed by atoms with van der Waals surface area (Å²) in [5.74, 6) is -1.78. The zero-order valence-corrected chi connectivity index (χ0v) is 17.0. The molecule has 0 spiro atoms. The molecule has 8 nitrogen and oxygen atoms in total. The van der Waals surface area contributed by atoms with Gasteiger partial charge in [-0.1, -0.05) is 6.07 Å². The third kappa shape index (κ3) is 4.88. The molecular formula is C21H19F3N4O4. The number of hydrogen-bond donors (Lipinski definition) is 3. The first-order chi connectivity index (χ1) is 14.9. The maximum atomic E-state index is 12.6. The van der Waals surface area contributed by atoms with E-state index in [1.165, 1.54) is 24.3 Å². The highest BCUT2D eigenvalue weighted by Crippen LogP contribution is 2.29. The van der Waals surface area contributed by atoms with Gasteiger partial charge in [0.25, 0.3) is 11.8 Å². The summed E-state index contributed by atoms with van der Waals surface area (Å²) in [6.07, 6.45) is -4.51. The number of alkyl halides is 3. The Morgan fingerprint density at radius 1 is 1.06 bits per heavy atom. The van der Waals surface area contributed by atoms with Gasteiger partial charge in [0.05, 0.1) is 17.8 Å². The van der Waals surface area contributed by atoms with Gasteiger partial charge in [-0.25, -0.2) is 9.69 Å². The molecule has 5 amide bonds. The maximum absolute atomic E-state index is 12.6. The summed E-state index contributed by atoms with van der Waals surface area (Å²) in [5.41, 5.74) is -1.45. The molecule has 32 heavy (non-hydrogen) atoms. The van der Waals surface area contributed by atoms with Crippen LogP contribution in [0.3, 0.4) is 0 Å². The SMILES string of the molecule is CC1(C)NC(=O)N(c2cccc(NC(=O)CNC(=O)c3ccc(C(F)(F)F)cc3)c2)C1=O. The van der Waals surface area contributed by atoms with Crippen LogP contribution in [0.4, 0.5) is 29.3 Å². The van der Waals surface area contributed by atoms with Gasteiger partial charge in [0.2, 0.25) is 5.91 Å². The molecule has 0 aromatic heterocycles. The minimum Gasteiger partial charge on any atom is -0.343 e. The highest BCUT2D eigenvalue weighted by molar-refractivity contribution is 6.23. The summed E-state index contributed by atoms with van der Waals surface area (Å²) in [6.45, 7) is 2.69. The van der Waals surface area contributed by atoms with Crippen LogP contribution in [0.5, 0.6) is 0 Å². The van der Waals surface area contributed by atoms with E-state index in [0.717, 1.165) is 29.2 Å². The summed E-state index contributed by atoms with van der Waals surface area (Å²) in [6, 6.07) is 9.01. The van der Waals surface area contributed by atoms with Crippen molar-refractivity contribution in [2.24, 2.45) is 0 Å². The average molecular weight is 448 g/mol. The number of urea groups is 1. The molecule has 168 valence electrons. The van der Waals surface area contributed by atoms with E-state index in [4.69, 9.17) is 0 Å². The number of benzene rings is 2. The quantitative estimate of drug-likeness (QED) is 0.612. The number of carbonyl (C=O) groups is 4. The number of hydrogen-bond acceptors (Lipinski definition) is 4. The Hall–Kier alpha value is -3.89. The van der Waals surface area contributed by atoms with Gasteiger partial charge in [-0.15, -0.1) is 0 Å². The van der Waals surface area contributed by atoms with Gasteiger partial charge in [-0.3, -0.25) is 14.4 Å². The predicted molar refractivity (Wildman–Crippen MR) is 109 cm³/mol. The average Bonchev–Trinajstić information content (AvgIpc) is 2.92. The molecule has 2 aromatic carbocycles. The Kier molecular flexibility index (Phi) is 5.93. The van der Waals surface area contributed by atoms with Gasteiger partial charge < -0.3 is 16.0 Å². The molecule has 1 aliphatic rings. The first kappa shape index (κ1) is 22.8. The first-order valence-corrected chi connectivity index (χ1v) is 9.40. The van der Waals surface area contributed by atoms with Gasteiger partial charge in [0.15, 0.2) is 0 Å². The molecule has 1 saturated heterocycles. The molecule has 0 saturated carbocycles. The summed E-state index contributed by atoms with van der Waals surface area (Å²) >= 11 is 0. The highest BCUT2D eigenvalue weighted by Gasteiger charge is 2.45. The fraction of sp³-hybridized carbons (Fsp3) is 0.238. The van der Waals surface area contributed by atoms with Gasteiger partial charge in [0, 0.05) is 11.3 Å². The first-order valence-electron chi connectivity index (χ1n) is 9.40. The van der Waals surface area contributed by atoms with E-state index >= 15 is 0 Å². The molecule has 11 heteroatoms. The molecule has 2 aromatic rings. The predicted octanol–water partition coefficient (Wildman–Crippen LogP) is 2.91. The van der Waals surface area contributed by atoms with Crippen molar-refractivity contribution in [3.05, 3.63) is 59.7 Å². The second-order valence-electron chi connectivity index (χ2n) is 7.55. The van der Waals surface area contributed by atoms with Crippen molar-refractivity contribution < 1.29 is 32.3 Å². The molecule has 1 fully saturated rings. The van der Waals surface area contributed by atoms with Crippen molar-refractivity contribution in [3.8, 4) is 0 Å². The minimum atomic E-state index is -4.51. The molecule has 3 rings (SSSR count). The van der Waals surface area contributed by atoms with Crippen molar-refractivity contribution in [1.82, 2.24) is 10.6 Å². The number of imide groups is 1. The normalized spacial score (nSPS) is 15.3. The Morgan fingerprint density at radius 3 is 2.28 bits per heavy atom. The fourth-order valence-electron chi connectivity index (χ4n) is 2.98. The summed E-state index contributed by atoms with van der Waals surface area (Å²) in [7, 11) is 0. The smallest absolute Gasteiger partial charge is 0.343 e. The van der Waals surface area contributed by atoms with Crippen LogP contribution in [0.1, 0.15) is 29.8 Å². The second kappa shape index (κ2) is 8.33. The molecule has 0 bridgehead atoms. The zero-order chi connectivity index (χ0) is 23.7. The number of amides is 5. The van der Waals surface area contributed by atoms with Crippen LogP contribution in [0.2, 0.25) is 0 Å². The highest BCUT2D eigenvalue weighted by atomic mass is 19.4. The van der Waals surface area contributed by atoms with Gasteiger partial charge in [-0.2, -0.15) is 13.2 Å². The lowest BCUT2D eigenvalue weighted by molar-refractivity contribution is -0.137. The van der Waals surface area contributed by atoms with E-state index in [-0.39, 0.29) is 16.9 Å². The van der Waals surface area contributed by atoms with Crippen LogP contribution in [-0.2, 0) is 15.8 Å². The van der Waals surface area contributed by atoms with Gasteiger partial charge >= 0.3 is 12.2 Å². The van der Waals surface area contributed by atoms with Crippen molar-refractivity contribution in [2.75, 3.05) is 16.8 Å². The standard InChI is InChI=1S/C21H19F3N4O4/c1-20(2)18(31)28(19(32)27-20)15-5-3-4-14(10-15)26-16(29)11-25-17(30)12-6-8-13(9-7-12)21(22,23)24/h3-10H,11H2,1-2H3,(H,25,30)(H,26,29)(H,27,32). The fourth-order valence-corrected chi connectivity index (χ4v) is 2.98. The molecular weight excluding hydrogens is 429 g/mol. The lowest BCUT2D eigenvalue weighted by Crippen LogP contribution is -2.40. The van der Waals surface area contributed by atoms with E-state index < -0.39 is 47.6 Å². The second-order valence-corrected chi connectivity index (χ2v) is 7.55. The van der Waals surface area contributed by atoms with E-state index in [0.29, 0.717) is 0 Å². The van der Waals surface area contributed by atoms with Crippen LogP contribution in [0.15, 0.2) is 48.5 Å². The van der Waals surface area contributed by atoms with Crippen LogP contribution in [-0.4, -0.2) is 35.8 Å². The van der Waals surface area contributed by atoms with Crippen LogP contribution >= 0.6 is 0 Å². The lowest BCUT2D eigenvalue weighted by atomic mass is 10.1. The van der Waals surface area contributed by atoms with Crippen molar-refractivity contribution in [1.29, 1.82) is 0 Å². The Labute approximate surface area is 180 Å². The molecule has 0 aliphatic carbocycles. The van der Waals surface area contributed by atoms with E-state index in [1.807, 2.05) is 0 Å². The van der Waals surface area contributed by atoms with Crippen molar-refractivity contribution >= 4 is 35.1 Å². The lowest BCUT2D eigenvalue weighted by Gasteiger charge is -2.17. The Morgan fingerprint density at radius 2 is 1.72 bits per heavy atom. The van der Waals surface area contributed by atoms with Gasteiger partial charge in [-0.05, 0) is 56.3 Å². The van der Waals surface area contributed by atoms with Crippen molar-refractivity contribution in [3.63, 3.8) is 0 Å². The zero-order valence-electron chi connectivity index (χ0n) is 17.0. The van der Waals surface area contributed by atoms with E-state index in [9.17, 15) is 32.3 Å². The van der Waals surface area contributed by atoms with Crippen LogP contribution < -0.4 is 20.9 Å². The van der Waals surface area contributed by atoms with E-state index in [1.54, 1.807) is 13.8 Å². The number of nitrogens with one attached hydrogen (secondary N) is 3. The van der Waals surface area contributed by atoms with Crippen LogP contribution in [0.25, 0.3) is 0 Å².